The molecule has 5 nitrogen and oxygen atoms in total. The average molecular weight is 333 g/mol. The summed E-state index contributed by atoms with van der Waals surface area (Å²) in [5, 5.41) is 0. The monoisotopic (exact) mass is 332 g/mol. The summed E-state index contributed by atoms with van der Waals surface area (Å²) in [7, 11) is 1.53. The lowest BCUT2D eigenvalue weighted by Gasteiger charge is -2.34. The molecule has 0 bridgehead atoms. The van der Waals surface area contributed by atoms with Crippen molar-refractivity contribution in [2.45, 2.75) is 18.6 Å². The molecule has 1 aromatic rings. The molecule has 0 radical (unpaired) electrons. The van der Waals surface area contributed by atoms with Gasteiger partial charge in [0.2, 0.25) is 5.91 Å². The van der Waals surface area contributed by atoms with Gasteiger partial charge >= 0.3 is 0 Å². The van der Waals surface area contributed by atoms with Gasteiger partial charge in [-0.2, -0.15) is 0 Å². The molecular weight excluding hydrogens is 311 g/mol. The molecular formula is C15H22ClFN2O3. The van der Waals surface area contributed by atoms with Crippen LogP contribution in [0, 0.1) is 5.82 Å². The van der Waals surface area contributed by atoms with Gasteiger partial charge in [-0.15, -0.1) is 12.4 Å². The summed E-state index contributed by atoms with van der Waals surface area (Å²) in [5.41, 5.74) is 6.01. The third kappa shape index (κ3) is 4.64. The van der Waals surface area contributed by atoms with E-state index in [2.05, 4.69) is 0 Å². The number of benzene rings is 1. The molecule has 1 heterocycles. The zero-order valence-corrected chi connectivity index (χ0v) is 13.4. The first kappa shape index (κ1) is 18.8. The fraction of sp³-hybridized carbons (Fsp3) is 0.533. The number of hydrogen-bond acceptors (Lipinski definition) is 4. The van der Waals surface area contributed by atoms with E-state index in [4.69, 9.17) is 15.2 Å². The van der Waals surface area contributed by atoms with E-state index in [1.165, 1.54) is 13.2 Å². The quantitative estimate of drug-likeness (QED) is 0.887. The molecule has 1 aromatic carbocycles. The summed E-state index contributed by atoms with van der Waals surface area (Å²) in [6.07, 6.45) is -0.480. The highest BCUT2D eigenvalue weighted by Gasteiger charge is 2.28. The number of ether oxygens (including phenoxy) is 2. The summed E-state index contributed by atoms with van der Waals surface area (Å²) in [6.45, 7) is 1.54. The van der Waals surface area contributed by atoms with Crippen LogP contribution in [0.15, 0.2) is 24.3 Å². The predicted octanol–water partition coefficient (Wildman–Crippen LogP) is 1.51. The van der Waals surface area contributed by atoms with E-state index in [0.29, 0.717) is 31.8 Å². The van der Waals surface area contributed by atoms with Gasteiger partial charge in [-0.25, -0.2) is 4.39 Å². The van der Waals surface area contributed by atoms with Crippen LogP contribution >= 0.6 is 12.4 Å². The van der Waals surface area contributed by atoms with E-state index in [9.17, 15) is 9.18 Å². The SMILES string of the molecule is COC(CN)CC(=O)N1CCOC(c2ccccc2F)C1.Cl. The van der Waals surface area contributed by atoms with Crippen LogP contribution in [0.2, 0.25) is 0 Å². The molecule has 2 rings (SSSR count). The van der Waals surface area contributed by atoms with Crippen LogP contribution in [-0.4, -0.2) is 50.3 Å². The third-order valence-corrected chi connectivity index (χ3v) is 3.67. The van der Waals surface area contributed by atoms with Crippen molar-refractivity contribution in [2.24, 2.45) is 5.73 Å². The molecule has 22 heavy (non-hydrogen) atoms. The summed E-state index contributed by atoms with van der Waals surface area (Å²) in [5.74, 6) is -0.356. The molecule has 1 aliphatic heterocycles. The molecule has 0 spiro atoms. The van der Waals surface area contributed by atoms with Crippen molar-refractivity contribution >= 4 is 18.3 Å². The molecule has 2 atom stereocenters. The van der Waals surface area contributed by atoms with Gasteiger partial charge in [0, 0.05) is 25.8 Å². The minimum Gasteiger partial charge on any atom is -0.380 e. The number of rotatable bonds is 5. The van der Waals surface area contributed by atoms with E-state index in [1.54, 1.807) is 23.1 Å². The first-order valence-corrected chi connectivity index (χ1v) is 7.02. The van der Waals surface area contributed by atoms with Crippen molar-refractivity contribution < 1.29 is 18.7 Å². The van der Waals surface area contributed by atoms with E-state index >= 15 is 0 Å². The number of methoxy groups -OCH3 is 1. The van der Waals surface area contributed by atoms with E-state index in [0.717, 1.165) is 0 Å². The van der Waals surface area contributed by atoms with Crippen molar-refractivity contribution in [3.8, 4) is 0 Å². The van der Waals surface area contributed by atoms with Gasteiger partial charge in [0.15, 0.2) is 0 Å². The Hall–Kier alpha value is -1.21. The van der Waals surface area contributed by atoms with Crippen molar-refractivity contribution in [3.05, 3.63) is 35.6 Å². The molecule has 0 aromatic heterocycles. The fourth-order valence-corrected chi connectivity index (χ4v) is 2.39. The molecule has 0 aliphatic carbocycles. The second kappa shape index (κ2) is 9.05. The Labute approximate surface area is 136 Å². The number of nitrogens with zero attached hydrogens (tertiary/aromatic N) is 1. The molecule has 2 unspecified atom stereocenters. The number of nitrogens with two attached hydrogens (primary N) is 1. The van der Waals surface area contributed by atoms with Gasteiger partial charge in [0.05, 0.1) is 25.7 Å². The van der Waals surface area contributed by atoms with Gasteiger partial charge in [-0.1, -0.05) is 18.2 Å². The predicted molar refractivity (Wildman–Crippen MR) is 83.4 cm³/mol. The Bertz CT molecular complexity index is 486. The van der Waals surface area contributed by atoms with Crippen molar-refractivity contribution in [2.75, 3.05) is 33.4 Å². The van der Waals surface area contributed by atoms with Crippen molar-refractivity contribution in [1.29, 1.82) is 0 Å². The normalized spacial score (nSPS) is 19.4. The van der Waals surface area contributed by atoms with Crippen LogP contribution in [0.3, 0.4) is 0 Å². The van der Waals surface area contributed by atoms with Gasteiger partial charge in [0.1, 0.15) is 11.9 Å². The summed E-state index contributed by atoms with van der Waals surface area (Å²) in [6, 6.07) is 6.48. The Kier molecular flexibility index (Phi) is 7.75. The molecule has 124 valence electrons. The highest BCUT2D eigenvalue weighted by Crippen LogP contribution is 2.24. The van der Waals surface area contributed by atoms with Gasteiger partial charge in [0.25, 0.3) is 0 Å². The Morgan fingerprint density at radius 3 is 2.91 bits per heavy atom. The van der Waals surface area contributed by atoms with Crippen LogP contribution in [0.4, 0.5) is 4.39 Å². The van der Waals surface area contributed by atoms with Crippen molar-refractivity contribution in [1.82, 2.24) is 4.90 Å². The van der Waals surface area contributed by atoms with Gasteiger partial charge < -0.3 is 20.1 Å². The smallest absolute Gasteiger partial charge is 0.225 e. The zero-order chi connectivity index (χ0) is 15.2. The van der Waals surface area contributed by atoms with Crippen LogP contribution in [0.25, 0.3) is 0 Å². The molecule has 1 amide bonds. The number of carbonyl (C=O) groups is 1. The third-order valence-electron chi connectivity index (χ3n) is 3.67. The minimum atomic E-state index is -0.428. The van der Waals surface area contributed by atoms with Crippen molar-refractivity contribution in [3.63, 3.8) is 0 Å². The van der Waals surface area contributed by atoms with Gasteiger partial charge in [-0.05, 0) is 6.07 Å². The Morgan fingerprint density at radius 1 is 1.55 bits per heavy atom. The highest BCUT2D eigenvalue weighted by atomic mass is 35.5. The Balaban J connectivity index is 0.00000242. The van der Waals surface area contributed by atoms with E-state index in [1.807, 2.05) is 0 Å². The summed E-state index contributed by atoms with van der Waals surface area (Å²) < 4.78 is 24.5. The average Bonchev–Trinajstić information content (AvgIpc) is 2.53. The Morgan fingerprint density at radius 2 is 2.27 bits per heavy atom. The summed E-state index contributed by atoms with van der Waals surface area (Å²) in [4.78, 5) is 13.9. The number of morpholine rings is 1. The molecule has 2 N–H and O–H groups in total. The van der Waals surface area contributed by atoms with Crippen LogP contribution < -0.4 is 5.73 Å². The lowest BCUT2D eigenvalue weighted by atomic mass is 10.1. The number of carbonyl (C=O) groups excluding carboxylic acids is 1. The maximum atomic E-state index is 13.8. The topological polar surface area (TPSA) is 64.8 Å². The fourth-order valence-electron chi connectivity index (χ4n) is 2.39. The number of hydrogen-bond donors (Lipinski definition) is 1. The maximum Gasteiger partial charge on any atom is 0.225 e. The first-order chi connectivity index (χ1) is 10.2. The largest absolute Gasteiger partial charge is 0.380 e. The second-order valence-corrected chi connectivity index (χ2v) is 5.02. The zero-order valence-electron chi connectivity index (χ0n) is 12.5. The van der Waals surface area contributed by atoms with Gasteiger partial charge in [-0.3, -0.25) is 4.79 Å². The lowest BCUT2D eigenvalue weighted by Crippen LogP contribution is -2.44. The molecule has 0 saturated carbocycles. The van der Waals surface area contributed by atoms with Crippen LogP contribution in [0.1, 0.15) is 18.1 Å². The van der Waals surface area contributed by atoms with E-state index < -0.39 is 6.10 Å². The summed E-state index contributed by atoms with van der Waals surface area (Å²) >= 11 is 0. The van der Waals surface area contributed by atoms with E-state index in [-0.39, 0.29) is 36.7 Å². The number of amides is 1. The molecule has 1 fully saturated rings. The van der Waals surface area contributed by atoms with Crippen LogP contribution in [-0.2, 0) is 14.3 Å². The molecule has 1 saturated heterocycles. The van der Waals surface area contributed by atoms with Crippen LogP contribution in [0.5, 0.6) is 0 Å². The highest BCUT2D eigenvalue weighted by molar-refractivity contribution is 5.85. The molecule has 7 heteroatoms. The minimum absolute atomic E-state index is 0. The standard InChI is InChI=1S/C15H21FN2O3.ClH/c1-20-11(9-17)8-15(19)18-6-7-21-14(10-18)12-4-2-3-5-13(12)16;/h2-5,11,14H,6-10,17H2,1H3;1H. The lowest BCUT2D eigenvalue weighted by molar-refractivity contribution is -0.141. The molecule has 1 aliphatic rings. The maximum absolute atomic E-state index is 13.8. The first-order valence-electron chi connectivity index (χ1n) is 7.02. The number of halogens is 2. The second-order valence-electron chi connectivity index (χ2n) is 5.02.